The molecule has 7 nitrogen and oxygen atoms in total. The predicted octanol–water partition coefficient (Wildman–Crippen LogP) is 2.22. The molecule has 2 aromatic rings. The Bertz CT molecular complexity index is 846. The fourth-order valence-corrected chi connectivity index (χ4v) is 2.39. The van der Waals surface area contributed by atoms with Gasteiger partial charge in [0.2, 0.25) is 11.8 Å². The molecule has 7 heteroatoms. The molecule has 0 amide bonds. The standard InChI is InChI=1S/C16H15NO6/c1-8(18)14-12-6-5-11(16(21)22-4)7-13(12)17(9(2)19)15(14)23-10(3)20/h5-7H,1-4H3. The number of esters is 2. The number of rotatable bonds is 3. The van der Waals surface area contributed by atoms with Crippen LogP contribution in [0.3, 0.4) is 0 Å². The molecule has 0 bridgehead atoms. The number of aromatic nitrogens is 1. The van der Waals surface area contributed by atoms with E-state index in [1.807, 2.05) is 0 Å². The molecular weight excluding hydrogens is 302 g/mol. The highest BCUT2D eigenvalue weighted by Gasteiger charge is 2.25. The van der Waals surface area contributed by atoms with Crippen molar-refractivity contribution < 1.29 is 28.7 Å². The van der Waals surface area contributed by atoms with Crippen molar-refractivity contribution in [1.29, 1.82) is 0 Å². The number of carbonyl (C=O) groups excluding carboxylic acids is 4. The van der Waals surface area contributed by atoms with E-state index in [-0.39, 0.29) is 22.8 Å². The van der Waals surface area contributed by atoms with Gasteiger partial charge in [0, 0.05) is 19.2 Å². The number of methoxy groups -OCH3 is 1. The summed E-state index contributed by atoms with van der Waals surface area (Å²) in [5.74, 6) is -2.21. The number of ketones is 1. The summed E-state index contributed by atoms with van der Waals surface area (Å²) < 4.78 is 10.8. The first-order valence-corrected chi connectivity index (χ1v) is 6.75. The van der Waals surface area contributed by atoms with Crippen molar-refractivity contribution in [2.24, 2.45) is 0 Å². The Morgan fingerprint density at radius 2 is 1.70 bits per heavy atom. The first kappa shape index (κ1) is 16.4. The van der Waals surface area contributed by atoms with Crippen LogP contribution in [0, 0.1) is 0 Å². The van der Waals surface area contributed by atoms with Gasteiger partial charge in [-0.2, -0.15) is 0 Å². The van der Waals surface area contributed by atoms with Crippen LogP contribution in [-0.4, -0.2) is 35.3 Å². The summed E-state index contributed by atoms with van der Waals surface area (Å²) in [5.41, 5.74) is 0.619. The highest BCUT2D eigenvalue weighted by molar-refractivity contribution is 6.13. The molecule has 120 valence electrons. The minimum Gasteiger partial charge on any atom is -0.465 e. The van der Waals surface area contributed by atoms with E-state index >= 15 is 0 Å². The van der Waals surface area contributed by atoms with Crippen LogP contribution in [0.1, 0.15) is 46.3 Å². The molecule has 0 unspecified atom stereocenters. The van der Waals surface area contributed by atoms with Gasteiger partial charge >= 0.3 is 11.9 Å². The van der Waals surface area contributed by atoms with Gasteiger partial charge in [0.25, 0.3) is 0 Å². The summed E-state index contributed by atoms with van der Waals surface area (Å²) in [7, 11) is 1.24. The third kappa shape index (κ3) is 2.85. The van der Waals surface area contributed by atoms with E-state index < -0.39 is 17.8 Å². The lowest BCUT2D eigenvalue weighted by atomic mass is 10.1. The summed E-state index contributed by atoms with van der Waals surface area (Å²) >= 11 is 0. The van der Waals surface area contributed by atoms with Gasteiger partial charge in [-0.05, 0) is 19.1 Å². The Morgan fingerprint density at radius 1 is 1.04 bits per heavy atom. The van der Waals surface area contributed by atoms with Crippen molar-refractivity contribution >= 4 is 34.5 Å². The molecule has 0 radical (unpaired) electrons. The van der Waals surface area contributed by atoms with E-state index in [1.54, 1.807) is 0 Å². The van der Waals surface area contributed by atoms with Crippen LogP contribution < -0.4 is 4.74 Å². The molecule has 0 spiro atoms. The highest BCUT2D eigenvalue weighted by atomic mass is 16.5. The monoisotopic (exact) mass is 317 g/mol. The molecule has 1 aromatic heterocycles. The Kier molecular flexibility index (Phi) is 4.31. The average Bonchev–Trinajstić information content (AvgIpc) is 2.78. The van der Waals surface area contributed by atoms with Crippen LogP contribution >= 0.6 is 0 Å². The summed E-state index contributed by atoms with van der Waals surface area (Å²) in [6.07, 6.45) is 0. The lowest BCUT2D eigenvalue weighted by Gasteiger charge is -2.07. The fourth-order valence-electron chi connectivity index (χ4n) is 2.39. The number of ether oxygens (including phenoxy) is 2. The molecule has 0 fully saturated rings. The maximum atomic E-state index is 12.0. The molecule has 0 aliphatic heterocycles. The maximum absolute atomic E-state index is 12.0. The van der Waals surface area contributed by atoms with E-state index in [0.29, 0.717) is 10.9 Å². The van der Waals surface area contributed by atoms with E-state index in [1.165, 1.54) is 46.1 Å². The van der Waals surface area contributed by atoms with Crippen molar-refractivity contribution in [1.82, 2.24) is 4.57 Å². The van der Waals surface area contributed by atoms with Crippen molar-refractivity contribution in [3.05, 3.63) is 29.3 Å². The molecule has 0 saturated carbocycles. The van der Waals surface area contributed by atoms with Crippen LogP contribution in [0.4, 0.5) is 0 Å². The number of hydrogen-bond acceptors (Lipinski definition) is 6. The number of Topliss-reactive ketones (excluding diaryl/α,β-unsaturated/α-hetero) is 1. The summed E-state index contributed by atoms with van der Waals surface area (Å²) in [5, 5.41) is 0.414. The third-order valence-corrected chi connectivity index (χ3v) is 3.25. The minimum atomic E-state index is -0.661. The number of carbonyl (C=O) groups is 4. The van der Waals surface area contributed by atoms with E-state index in [2.05, 4.69) is 4.74 Å². The predicted molar refractivity (Wildman–Crippen MR) is 80.9 cm³/mol. The fraction of sp³-hybridized carbons (Fsp3) is 0.250. The Labute approximate surface area is 131 Å². The van der Waals surface area contributed by atoms with Crippen LogP contribution in [0.2, 0.25) is 0 Å². The van der Waals surface area contributed by atoms with Gasteiger partial charge in [0.15, 0.2) is 5.78 Å². The Morgan fingerprint density at radius 3 is 2.17 bits per heavy atom. The van der Waals surface area contributed by atoms with Crippen LogP contribution in [0.25, 0.3) is 10.9 Å². The number of nitrogens with zero attached hydrogens (tertiary/aromatic N) is 1. The molecule has 0 aliphatic carbocycles. The molecule has 23 heavy (non-hydrogen) atoms. The van der Waals surface area contributed by atoms with Crippen molar-refractivity contribution in [2.45, 2.75) is 20.8 Å². The van der Waals surface area contributed by atoms with Gasteiger partial charge in [-0.1, -0.05) is 6.07 Å². The van der Waals surface area contributed by atoms with E-state index in [9.17, 15) is 19.2 Å². The van der Waals surface area contributed by atoms with Gasteiger partial charge in [-0.15, -0.1) is 0 Å². The second-order valence-electron chi connectivity index (χ2n) is 4.91. The van der Waals surface area contributed by atoms with Crippen molar-refractivity contribution in [3.63, 3.8) is 0 Å². The number of fused-ring (bicyclic) bond motifs is 1. The number of hydrogen-bond donors (Lipinski definition) is 0. The van der Waals surface area contributed by atoms with Gasteiger partial charge in [0.1, 0.15) is 0 Å². The molecule has 0 saturated heterocycles. The van der Waals surface area contributed by atoms with Crippen LogP contribution in [-0.2, 0) is 9.53 Å². The van der Waals surface area contributed by atoms with Crippen molar-refractivity contribution in [3.8, 4) is 5.88 Å². The Hall–Kier alpha value is -2.96. The first-order chi connectivity index (χ1) is 10.8. The van der Waals surface area contributed by atoms with Crippen LogP contribution in [0.5, 0.6) is 5.88 Å². The lowest BCUT2D eigenvalue weighted by Crippen LogP contribution is -2.13. The zero-order chi connectivity index (χ0) is 17.3. The smallest absolute Gasteiger partial charge is 0.337 e. The normalized spacial score (nSPS) is 10.4. The van der Waals surface area contributed by atoms with E-state index in [0.717, 1.165) is 4.57 Å². The lowest BCUT2D eigenvalue weighted by molar-refractivity contribution is -0.132. The SMILES string of the molecule is COC(=O)c1ccc2c(C(C)=O)c(OC(C)=O)n(C(C)=O)c2c1. The van der Waals surface area contributed by atoms with Gasteiger partial charge in [-0.3, -0.25) is 14.4 Å². The molecule has 0 aliphatic rings. The minimum absolute atomic E-state index is 0.113. The second kappa shape index (κ2) is 6.04. The quantitative estimate of drug-likeness (QED) is 0.636. The zero-order valence-electron chi connectivity index (χ0n) is 13.1. The molecule has 2 rings (SSSR count). The molecule has 1 aromatic carbocycles. The molecule has 0 atom stereocenters. The molecular formula is C16H15NO6. The zero-order valence-corrected chi connectivity index (χ0v) is 13.1. The summed E-state index contributed by atoms with van der Waals surface area (Å²) in [6.45, 7) is 3.74. The largest absolute Gasteiger partial charge is 0.465 e. The van der Waals surface area contributed by atoms with Gasteiger partial charge in [-0.25, -0.2) is 9.36 Å². The third-order valence-electron chi connectivity index (χ3n) is 3.25. The van der Waals surface area contributed by atoms with Gasteiger partial charge in [0.05, 0.1) is 23.8 Å². The highest BCUT2D eigenvalue weighted by Crippen LogP contribution is 2.33. The number of benzene rings is 1. The van der Waals surface area contributed by atoms with E-state index in [4.69, 9.17) is 4.74 Å². The Balaban J connectivity index is 2.90. The average molecular weight is 317 g/mol. The second-order valence-corrected chi connectivity index (χ2v) is 4.91. The molecule has 0 N–H and O–H groups in total. The first-order valence-electron chi connectivity index (χ1n) is 6.75. The topological polar surface area (TPSA) is 91.7 Å². The summed E-state index contributed by atoms with van der Waals surface area (Å²) in [4.78, 5) is 47.0. The maximum Gasteiger partial charge on any atom is 0.337 e. The summed E-state index contributed by atoms with van der Waals surface area (Å²) in [6, 6.07) is 4.41. The van der Waals surface area contributed by atoms with Crippen LogP contribution in [0.15, 0.2) is 18.2 Å². The molecule has 1 heterocycles. The van der Waals surface area contributed by atoms with Crippen molar-refractivity contribution in [2.75, 3.05) is 7.11 Å². The van der Waals surface area contributed by atoms with Gasteiger partial charge < -0.3 is 9.47 Å².